The highest BCUT2D eigenvalue weighted by atomic mass is 32.1. The van der Waals surface area contributed by atoms with Crippen LogP contribution >= 0.6 is 11.3 Å². The van der Waals surface area contributed by atoms with Crippen LogP contribution in [0.3, 0.4) is 0 Å². The predicted octanol–water partition coefficient (Wildman–Crippen LogP) is 6.82. The Morgan fingerprint density at radius 3 is 1.16 bits per heavy atom. The average Bonchev–Trinajstić information content (AvgIpc) is 1.55. The van der Waals surface area contributed by atoms with Gasteiger partial charge in [0.05, 0.1) is 0 Å². The van der Waals surface area contributed by atoms with Crippen molar-refractivity contribution in [2.24, 2.45) is 103 Å². The molecule has 3 heterocycles. The Hall–Kier alpha value is -14.5. The van der Waals surface area contributed by atoms with Crippen LogP contribution in [0.2, 0.25) is 0 Å². The number of nitrogens with one attached hydrogen (secondary N) is 15. The van der Waals surface area contributed by atoms with Crippen molar-refractivity contribution in [3.63, 3.8) is 0 Å². The van der Waals surface area contributed by atoms with Crippen LogP contribution in [0.1, 0.15) is 170 Å². The minimum Gasteiger partial charge on any atom is -0.497 e. The highest BCUT2D eigenvalue weighted by Gasteiger charge is 2.32. The molecule has 10 atom stereocenters. The third-order valence-corrected chi connectivity index (χ3v) is 22.8. The zero-order chi connectivity index (χ0) is 99.6. The quantitative estimate of drug-likeness (QED) is 0.00821. The van der Waals surface area contributed by atoms with Crippen LogP contribution in [0.25, 0.3) is 32.8 Å². The summed E-state index contributed by atoms with van der Waals surface area (Å²) in [5.41, 5.74) is 51.4. The molecule has 2 aromatic heterocycles. The Bertz CT molecular complexity index is 5140. The maximum Gasteiger partial charge on any atom is 0.263 e. The van der Waals surface area contributed by atoms with E-state index in [1.165, 1.54) is 4.70 Å². The van der Waals surface area contributed by atoms with E-state index in [-0.39, 0.29) is 185 Å². The molecule has 744 valence electrons. The summed E-state index contributed by atoms with van der Waals surface area (Å²) < 4.78 is 3.39. The average molecular weight is 1910 g/mol. The number of thiazole rings is 1. The second-order valence-electron chi connectivity index (χ2n) is 32.4. The van der Waals surface area contributed by atoms with Gasteiger partial charge in [0.25, 0.3) is 5.01 Å². The minimum atomic E-state index is -1.72. The highest BCUT2D eigenvalue weighted by molar-refractivity contribution is 7.18. The number of guanidine groups is 6. The number of aromatic nitrogens is 2. The summed E-state index contributed by atoms with van der Waals surface area (Å²) in [6.45, 7) is 1.39. The van der Waals surface area contributed by atoms with Crippen molar-refractivity contribution in [2.45, 2.75) is 221 Å². The van der Waals surface area contributed by atoms with Crippen molar-refractivity contribution in [1.29, 1.82) is 43.3 Å². The highest BCUT2D eigenvalue weighted by Crippen LogP contribution is 2.36. The van der Waals surface area contributed by atoms with E-state index in [0.717, 1.165) is 50.2 Å². The number of hydrogen-bond donors (Lipinski definition) is 35. The summed E-state index contributed by atoms with van der Waals surface area (Å²) in [6.07, 6.45) is 10.5. The van der Waals surface area contributed by atoms with E-state index >= 15 is 0 Å². The second-order valence-corrected chi connectivity index (χ2v) is 33.5. The van der Waals surface area contributed by atoms with E-state index in [2.05, 4.69) is 141 Å². The smallest absolute Gasteiger partial charge is 0.263 e. The lowest BCUT2D eigenvalue weighted by atomic mass is 9.99. The third kappa shape index (κ3) is 39.8. The molecule has 5 aromatic rings. The van der Waals surface area contributed by atoms with Gasteiger partial charge < -0.3 is 149 Å². The number of nitrogens with two attached hydrogens (primary N) is 8. The van der Waals surface area contributed by atoms with Gasteiger partial charge in [0, 0.05) is 112 Å². The van der Waals surface area contributed by atoms with E-state index in [1.54, 1.807) is 17.5 Å². The lowest BCUT2D eigenvalue weighted by Crippen LogP contribution is -2.34. The topological polar surface area (TPSA) is 860 Å². The summed E-state index contributed by atoms with van der Waals surface area (Å²) in [6, 6.07) is 9.39. The van der Waals surface area contributed by atoms with Crippen molar-refractivity contribution in [1.82, 2.24) is 36.9 Å². The molecule has 43 N–H and O–H groups in total. The van der Waals surface area contributed by atoms with Crippen LogP contribution in [0, 0.1) is 43.3 Å². The van der Waals surface area contributed by atoms with Crippen molar-refractivity contribution in [3.8, 4) is 0 Å². The Labute approximate surface area is 793 Å². The number of aryl methyl sites for hydroxylation is 1. The van der Waals surface area contributed by atoms with E-state index in [0.29, 0.717) is 38.6 Å². The largest absolute Gasteiger partial charge is 0.497 e. The molecular formula is C88H140N35O12S+. The normalized spacial score (nSPS) is 15.9. The number of nitrogens with zero attached hydrogens (tertiary/aromatic N) is 12. The first-order valence-corrected chi connectivity index (χ1v) is 46.1. The SMILES string of the molecule is C[n+]1c(C=C2C=CN(CCCCCC(O)=N[C@H](Cc3c[nH]c4ccccc34)C(O)=N[C@H](CCCNC(=N)N)C(O)=N[C@H](CCCCN)C(O)=N[C@H](CCCCN)C(O)=N[C@H](CCCNC(=N)N)C(O)=N[C@H](CCCNC(=N)N)C(O)=N[C@H](CCC(=N)O)C(O)=N[C@H](CCCNC(=N)N)C(O)=N[C@H](CCCNC(=N)N)C(O)=N[C@H](CCCNC(=N)N)C(=N)O)c3ccccc32)sc2ccccc21. The van der Waals surface area contributed by atoms with E-state index in [9.17, 15) is 61.3 Å². The summed E-state index contributed by atoms with van der Waals surface area (Å²) in [4.78, 5) is 50.3. The summed E-state index contributed by atoms with van der Waals surface area (Å²) >= 11 is 1.73. The molecule has 0 fully saturated rings. The van der Waals surface area contributed by atoms with Crippen LogP contribution in [-0.2, 0) is 13.5 Å². The van der Waals surface area contributed by atoms with Crippen LogP contribution in [0.4, 0.5) is 5.69 Å². The molecule has 0 saturated heterocycles. The number of rotatable bonds is 64. The first-order chi connectivity index (χ1) is 65.0. The number of unbranched alkanes of at least 4 members (excludes halogenated alkanes) is 4. The molecule has 0 unspecified atom stereocenters. The fourth-order valence-corrected chi connectivity index (χ4v) is 15.6. The van der Waals surface area contributed by atoms with Gasteiger partial charge in [-0.15, -0.1) is 0 Å². The van der Waals surface area contributed by atoms with Crippen LogP contribution in [0.5, 0.6) is 0 Å². The van der Waals surface area contributed by atoms with Gasteiger partial charge in [-0.05, 0) is 183 Å². The number of aliphatic hydroxyl groups is 12. The number of aromatic amines is 1. The van der Waals surface area contributed by atoms with Crippen molar-refractivity contribution in [2.75, 3.05) is 63.8 Å². The molecule has 0 bridgehead atoms. The Kier molecular flexibility index (Phi) is 48.0. The van der Waals surface area contributed by atoms with E-state index in [4.69, 9.17) is 94.1 Å². The van der Waals surface area contributed by atoms with Crippen molar-refractivity contribution < 1.29 is 65.8 Å². The summed E-state index contributed by atoms with van der Waals surface area (Å²) in [5, 5.41) is 222. The van der Waals surface area contributed by atoms with Gasteiger partial charge in [-0.25, -0.2) is 49.9 Å². The molecule has 0 amide bonds. The fourth-order valence-electron chi connectivity index (χ4n) is 14.5. The number of fused-ring (bicyclic) bond motifs is 3. The number of aliphatic imine (C=N–C) groups is 10. The standard InChI is InChI=1S/C88H139N35O12S/c1-122-68-33-8-9-34-69(68)136-72(122)50-52-38-48-123(67-32-7-5-22-55(52)67)47-14-2-3-35-71(125)112-66(49-53-51-111-56-23-6-4-21-54(53)56)82(135)120-64(31-20-46-110-88(103)104)79(132)115-58(24-10-12-39-89)75(128)114-59(25-11-13-40-90)76(129)117-61(28-17-43-107-85(97)98)77(130)118-63(30-19-45-109-87(101)102)80(133)121-65(36-37-70(91)124)81(134)119-62(29-18-44-108-86(99)100)78(131)116-60(27-16-42-106-84(95)96)74(127)113-57(73(92)126)26-15-41-105-83(93)94/h4-9,21-23,32-34,38,48,50-51,57-66,111H,2-3,10-20,24-31,35-37,39-47,49,89-90H2,1H3,(H37-,91,92,93,94,95,96,97,98,99,100,101,102,103,104,105,106,107,108,109,110,112,113,114,115,116,117,118,119,120,121,124,125,126,127,128,129,130,131,132,133,134,135)/p+1/t57-,58-,59-,60-,61-,62-,63-,64-,65-,66-/m1/s1. The molecule has 136 heavy (non-hydrogen) atoms. The number of anilines is 1. The first-order valence-electron chi connectivity index (χ1n) is 45.3. The Balaban J connectivity index is 1.39. The van der Waals surface area contributed by atoms with Gasteiger partial charge >= 0.3 is 0 Å². The Morgan fingerprint density at radius 1 is 0.404 bits per heavy atom. The zero-order valence-corrected chi connectivity index (χ0v) is 77.6. The molecule has 3 aromatic carbocycles. The second kappa shape index (κ2) is 59.2. The lowest BCUT2D eigenvalue weighted by Gasteiger charge is -2.27. The fraction of sp³-hybridized carbons (Fsp3) is 0.511. The van der Waals surface area contributed by atoms with Gasteiger partial charge in [-0.2, -0.15) is 4.57 Å². The molecule has 48 heteroatoms. The molecule has 0 radical (unpaired) electrons. The number of aliphatic hydroxyl groups excluding tert-OH is 12. The zero-order valence-electron chi connectivity index (χ0n) is 76.8. The number of benzene rings is 3. The molecular weight excluding hydrogens is 1770 g/mol. The monoisotopic (exact) mass is 1910 g/mol. The van der Waals surface area contributed by atoms with Crippen LogP contribution in [0.15, 0.2) is 141 Å². The van der Waals surface area contributed by atoms with Crippen molar-refractivity contribution in [3.05, 3.63) is 107 Å². The maximum absolute atomic E-state index is 12.4. The molecule has 1 aliphatic heterocycles. The molecule has 6 rings (SSSR count). The van der Waals surface area contributed by atoms with Gasteiger partial charge in [-0.1, -0.05) is 66.3 Å². The van der Waals surface area contributed by atoms with Gasteiger partial charge in [-0.3, -0.25) is 43.3 Å². The summed E-state index contributed by atoms with van der Waals surface area (Å²) in [7, 11) is 2.07. The third-order valence-electron chi connectivity index (χ3n) is 21.6. The van der Waals surface area contributed by atoms with Crippen LogP contribution < -0.4 is 87.2 Å². The van der Waals surface area contributed by atoms with Gasteiger partial charge in [0.1, 0.15) is 72.2 Å². The molecule has 0 saturated carbocycles. The van der Waals surface area contributed by atoms with E-state index < -0.39 is 156 Å². The Morgan fingerprint density at radius 2 is 0.765 bits per heavy atom. The number of hydrogen-bond acceptors (Lipinski definition) is 22. The predicted molar refractivity (Wildman–Crippen MR) is 543 cm³/mol. The molecule has 47 nitrogen and oxygen atoms in total. The number of H-pyrrole nitrogens is 1. The minimum absolute atomic E-state index is 0.00757. The maximum atomic E-state index is 12.4. The number of allylic oxidation sites excluding steroid dienone is 2. The van der Waals surface area contributed by atoms with Gasteiger partial charge in [0.2, 0.25) is 64.5 Å². The lowest BCUT2D eigenvalue weighted by molar-refractivity contribution is -0.642. The molecule has 0 aliphatic carbocycles. The molecule has 0 spiro atoms. The molecule has 1 aliphatic rings. The summed E-state index contributed by atoms with van der Waals surface area (Å²) in [5.74, 6) is -11.5. The van der Waals surface area contributed by atoms with Crippen LogP contribution in [-0.4, -0.2) is 292 Å². The van der Waals surface area contributed by atoms with E-state index in [1.807, 2.05) is 48.5 Å². The van der Waals surface area contributed by atoms with Crippen molar-refractivity contribution >= 4 is 156 Å². The van der Waals surface area contributed by atoms with Gasteiger partial charge in [0.15, 0.2) is 47.6 Å². The number of para-hydroxylation sites is 3. The first kappa shape index (κ1) is 110.